The maximum Gasteiger partial charge on any atom is 0.256 e. The number of hydrogen-bond donors (Lipinski definition) is 1. The van der Waals surface area contributed by atoms with Crippen LogP contribution in [0.1, 0.15) is 38.8 Å². The molecule has 1 unspecified atom stereocenters. The summed E-state index contributed by atoms with van der Waals surface area (Å²) < 4.78 is 5.04. The van der Waals surface area contributed by atoms with Gasteiger partial charge in [0.1, 0.15) is 0 Å². The van der Waals surface area contributed by atoms with Crippen molar-refractivity contribution in [2.24, 2.45) is 0 Å². The molecule has 106 valence electrons. The summed E-state index contributed by atoms with van der Waals surface area (Å²) in [6.07, 6.45) is 4.74. The van der Waals surface area contributed by atoms with Gasteiger partial charge >= 0.3 is 0 Å². The molecular formula is C14H24N4O. The molecule has 1 atom stereocenters. The summed E-state index contributed by atoms with van der Waals surface area (Å²) in [5.41, 5.74) is 7.41. The highest BCUT2D eigenvalue weighted by atomic mass is 16.5. The van der Waals surface area contributed by atoms with Gasteiger partial charge in [-0.25, -0.2) is 0 Å². The van der Waals surface area contributed by atoms with Gasteiger partial charge in [0.2, 0.25) is 0 Å². The molecule has 2 heterocycles. The van der Waals surface area contributed by atoms with Gasteiger partial charge in [0.25, 0.3) is 5.88 Å². The topological polar surface area (TPSA) is 64.3 Å². The molecule has 2 rings (SSSR count). The van der Waals surface area contributed by atoms with E-state index < -0.39 is 0 Å². The summed E-state index contributed by atoms with van der Waals surface area (Å²) in [6.45, 7) is 5.69. The first-order chi connectivity index (χ1) is 9.11. The Balaban J connectivity index is 2.08. The normalized spacial score (nSPS) is 20.7. The maximum atomic E-state index is 5.89. The van der Waals surface area contributed by atoms with Crippen LogP contribution in [0.5, 0.6) is 5.88 Å². The number of anilines is 1. The Morgan fingerprint density at radius 2 is 2.21 bits per heavy atom. The Hall–Kier alpha value is -1.36. The molecule has 1 saturated heterocycles. The lowest BCUT2D eigenvalue weighted by Crippen LogP contribution is -2.45. The molecule has 5 nitrogen and oxygen atoms in total. The van der Waals surface area contributed by atoms with Crippen LogP contribution in [-0.2, 0) is 6.42 Å². The minimum Gasteiger partial charge on any atom is -0.478 e. The summed E-state index contributed by atoms with van der Waals surface area (Å²) in [4.78, 5) is 2.56. The molecule has 2 N–H and O–H groups in total. The summed E-state index contributed by atoms with van der Waals surface area (Å²) in [5, 5.41) is 8.23. The van der Waals surface area contributed by atoms with Gasteiger partial charge in [-0.2, -0.15) is 5.10 Å². The maximum absolute atomic E-state index is 5.89. The van der Waals surface area contributed by atoms with Gasteiger partial charge in [0.05, 0.1) is 18.5 Å². The van der Waals surface area contributed by atoms with Crippen LogP contribution in [0.2, 0.25) is 0 Å². The predicted molar refractivity (Wildman–Crippen MR) is 76.2 cm³/mol. The highest BCUT2D eigenvalue weighted by Crippen LogP contribution is 2.24. The van der Waals surface area contributed by atoms with E-state index in [4.69, 9.17) is 10.5 Å². The van der Waals surface area contributed by atoms with Crippen molar-refractivity contribution in [1.29, 1.82) is 0 Å². The van der Waals surface area contributed by atoms with E-state index in [-0.39, 0.29) is 0 Å². The molecule has 0 spiro atoms. The number of methoxy groups -OCH3 is 1. The second-order valence-electron chi connectivity index (χ2n) is 5.49. The number of rotatable bonds is 4. The number of nitrogens with two attached hydrogens (primary N) is 1. The van der Waals surface area contributed by atoms with Gasteiger partial charge < -0.3 is 10.5 Å². The quantitative estimate of drug-likeness (QED) is 0.899. The molecule has 0 bridgehead atoms. The van der Waals surface area contributed by atoms with Gasteiger partial charge in [-0.15, -0.1) is 5.10 Å². The largest absolute Gasteiger partial charge is 0.478 e. The number of piperidine rings is 1. The van der Waals surface area contributed by atoms with Crippen LogP contribution >= 0.6 is 0 Å². The van der Waals surface area contributed by atoms with Crippen LogP contribution < -0.4 is 10.5 Å². The van der Waals surface area contributed by atoms with Crippen molar-refractivity contribution in [3.05, 3.63) is 11.8 Å². The van der Waals surface area contributed by atoms with E-state index in [2.05, 4.69) is 28.9 Å². The zero-order valence-corrected chi connectivity index (χ0v) is 12.1. The number of nitrogens with zero attached hydrogens (tertiary/aromatic N) is 3. The lowest BCUT2D eigenvalue weighted by molar-refractivity contribution is 0.111. The molecule has 0 amide bonds. The molecule has 1 fully saturated rings. The van der Waals surface area contributed by atoms with Crippen LogP contribution in [0.15, 0.2) is 6.07 Å². The fourth-order valence-electron chi connectivity index (χ4n) is 2.86. The van der Waals surface area contributed by atoms with E-state index in [1.165, 1.54) is 25.8 Å². The van der Waals surface area contributed by atoms with Crippen LogP contribution in [0.4, 0.5) is 5.69 Å². The molecule has 1 aliphatic rings. The van der Waals surface area contributed by atoms with Gasteiger partial charge in [-0.3, -0.25) is 4.90 Å². The van der Waals surface area contributed by atoms with Gasteiger partial charge in [-0.1, -0.05) is 6.42 Å². The van der Waals surface area contributed by atoms with Crippen molar-refractivity contribution in [3.8, 4) is 5.88 Å². The molecule has 19 heavy (non-hydrogen) atoms. The molecule has 0 saturated carbocycles. The standard InChI is InChI=1S/C14H24N4O/c1-10(2)18-7-5-4-6-12(18)8-11-9-13(15)14(19-3)17-16-11/h9-10,12H,4-8H2,1-3H3,(H2,15,16). The second kappa shape index (κ2) is 6.19. The minimum absolute atomic E-state index is 0.410. The predicted octanol–water partition coefficient (Wildman–Crippen LogP) is 1.87. The molecule has 0 radical (unpaired) electrons. The van der Waals surface area contributed by atoms with Gasteiger partial charge in [-0.05, 0) is 39.3 Å². The van der Waals surface area contributed by atoms with E-state index in [0.717, 1.165) is 12.1 Å². The molecule has 1 aromatic heterocycles. The Morgan fingerprint density at radius 3 is 2.84 bits per heavy atom. The zero-order chi connectivity index (χ0) is 13.8. The van der Waals surface area contributed by atoms with Crippen molar-refractivity contribution in [2.45, 2.75) is 51.6 Å². The van der Waals surface area contributed by atoms with Crippen molar-refractivity contribution in [2.75, 3.05) is 19.4 Å². The Bertz CT molecular complexity index is 422. The third kappa shape index (κ3) is 3.35. The molecule has 1 aromatic rings. The van der Waals surface area contributed by atoms with Crippen LogP contribution in [-0.4, -0.2) is 40.8 Å². The van der Waals surface area contributed by atoms with E-state index in [9.17, 15) is 0 Å². The van der Waals surface area contributed by atoms with E-state index in [1.54, 1.807) is 7.11 Å². The Morgan fingerprint density at radius 1 is 1.42 bits per heavy atom. The third-order valence-electron chi connectivity index (χ3n) is 3.81. The molecule has 0 aromatic carbocycles. The first kappa shape index (κ1) is 14.1. The van der Waals surface area contributed by atoms with Crippen LogP contribution in [0.25, 0.3) is 0 Å². The van der Waals surface area contributed by atoms with E-state index in [0.29, 0.717) is 23.7 Å². The highest BCUT2D eigenvalue weighted by Gasteiger charge is 2.25. The summed E-state index contributed by atoms with van der Waals surface area (Å²) >= 11 is 0. The van der Waals surface area contributed by atoms with Crippen LogP contribution in [0, 0.1) is 0 Å². The Labute approximate surface area is 115 Å². The summed E-state index contributed by atoms with van der Waals surface area (Å²) in [7, 11) is 1.56. The second-order valence-corrected chi connectivity index (χ2v) is 5.49. The molecular weight excluding hydrogens is 240 g/mol. The van der Waals surface area contributed by atoms with E-state index >= 15 is 0 Å². The minimum atomic E-state index is 0.410. The number of likely N-dealkylation sites (tertiary alicyclic amines) is 1. The van der Waals surface area contributed by atoms with Gasteiger partial charge in [0.15, 0.2) is 0 Å². The van der Waals surface area contributed by atoms with Gasteiger partial charge in [0, 0.05) is 18.5 Å². The fourth-order valence-corrected chi connectivity index (χ4v) is 2.86. The van der Waals surface area contributed by atoms with E-state index in [1.807, 2.05) is 6.07 Å². The summed E-state index contributed by atoms with van der Waals surface area (Å²) in [6, 6.07) is 3.02. The smallest absolute Gasteiger partial charge is 0.256 e. The SMILES string of the molecule is COc1nnc(CC2CCCCN2C(C)C)cc1N. The monoisotopic (exact) mass is 264 g/mol. The number of nitrogen functional groups attached to an aromatic ring is 1. The number of hydrogen-bond acceptors (Lipinski definition) is 5. The average Bonchev–Trinajstić information content (AvgIpc) is 2.39. The first-order valence-corrected chi connectivity index (χ1v) is 7.03. The van der Waals surface area contributed by atoms with Crippen molar-refractivity contribution in [3.63, 3.8) is 0 Å². The van der Waals surface area contributed by atoms with Crippen LogP contribution in [0.3, 0.4) is 0 Å². The Kier molecular flexibility index (Phi) is 4.58. The average molecular weight is 264 g/mol. The third-order valence-corrected chi connectivity index (χ3v) is 3.81. The molecule has 1 aliphatic heterocycles. The zero-order valence-electron chi connectivity index (χ0n) is 12.1. The number of ether oxygens (including phenoxy) is 1. The highest BCUT2D eigenvalue weighted by molar-refractivity contribution is 5.47. The van der Waals surface area contributed by atoms with Crippen molar-refractivity contribution >= 4 is 5.69 Å². The fraction of sp³-hybridized carbons (Fsp3) is 0.714. The molecule has 0 aliphatic carbocycles. The first-order valence-electron chi connectivity index (χ1n) is 7.03. The number of aromatic nitrogens is 2. The lowest BCUT2D eigenvalue weighted by atomic mass is 9.96. The van der Waals surface area contributed by atoms with Crippen molar-refractivity contribution in [1.82, 2.24) is 15.1 Å². The lowest BCUT2D eigenvalue weighted by Gasteiger charge is -2.38. The molecule has 5 heteroatoms. The van der Waals surface area contributed by atoms with Crippen molar-refractivity contribution < 1.29 is 4.74 Å². The summed E-state index contributed by atoms with van der Waals surface area (Å²) in [5.74, 6) is 0.410.